The number of amides is 1. The number of rotatable bonds is 4. The maximum absolute atomic E-state index is 12.2. The van der Waals surface area contributed by atoms with Gasteiger partial charge in [0.05, 0.1) is 10.9 Å². The molecule has 2 N–H and O–H groups in total. The minimum absolute atomic E-state index is 0.260. The first-order valence-electron chi connectivity index (χ1n) is 7.20. The molecule has 2 aromatic carbocycles. The number of nitrogens with zero attached hydrogens (tertiary/aromatic N) is 2. The first-order chi connectivity index (χ1) is 11.2. The molecule has 0 unspecified atom stereocenters. The zero-order valence-electron chi connectivity index (χ0n) is 12.3. The van der Waals surface area contributed by atoms with Crippen LogP contribution < -0.4 is 10.9 Å². The number of para-hydroxylation sites is 1. The summed E-state index contributed by atoms with van der Waals surface area (Å²) >= 11 is 0. The first-order valence-corrected chi connectivity index (χ1v) is 7.20. The highest BCUT2D eigenvalue weighted by Crippen LogP contribution is 2.07. The fourth-order valence-corrected chi connectivity index (χ4v) is 2.31. The van der Waals surface area contributed by atoms with Crippen LogP contribution in [0.4, 0.5) is 0 Å². The summed E-state index contributed by atoms with van der Waals surface area (Å²) in [5.74, 6) is -0.909. The highest BCUT2D eigenvalue weighted by Gasteiger charge is 2.16. The van der Waals surface area contributed by atoms with Crippen LogP contribution in [0, 0.1) is 0 Å². The second kappa shape index (κ2) is 6.31. The van der Waals surface area contributed by atoms with Crippen molar-refractivity contribution in [3.8, 4) is 0 Å². The van der Waals surface area contributed by atoms with Gasteiger partial charge in [0.2, 0.25) is 5.82 Å². The Kier molecular flexibility index (Phi) is 4.05. The average molecular weight is 309 g/mol. The fraction of sp³-hybridized carbons (Fsp3) is 0.118. The van der Waals surface area contributed by atoms with Crippen LogP contribution in [0.25, 0.3) is 10.9 Å². The molecule has 3 aromatic rings. The number of hydrogen-bond acceptors (Lipinski definition) is 4. The Bertz CT molecular complexity index is 904. The van der Waals surface area contributed by atoms with Crippen LogP contribution in [0.2, 0.25) is 0 Å². The Morgan fingerprint density at radius 1 is 1.09 bits per heavy atom. The van der Waals surface area contributed by atoms with Crippen molar-refractivity contribution in [2.75, 3.05) is 6.54 Å². The molecule has 0 aliphatic rings. The molecule has 0 atom stereocenters. The van der Waals surface area contributed by atoms with Gasteiger partial charge in [-0.1, -0.05) is 42.5 Å². The van der Waals surface area contributed by atoms with E-state index in [1.165, 1.54) is 0 Å². The normalized spacial score (nSPS) is 10.6. The van der Waals surface area contributed by atoms with E-state index in [0.29, 0.717) is 23.2 Å². The topological polar surface area (TPSA) is 84.2 Å². The summed E-state index contributed by atoms with van der Waals surface area (Å²) < 4.78 is 0.292. The van der Waals surface area contributed by atoms with Gasteiger partial charge in [-0.25, -0.2) is 4.98 Å². The van der Waals surface area contributed by atoms with Crippen molar-refractivity contribution in [1.29, 1.82) is 0 Å². The van der Waals surface area contributed by atoms with E-state index in [9.17, 15) is 14.8 Å². The lowest BCUT2D eigenvalue weighted by atomic mass is 10.1. The number of benzene rings is 2. The summed E-state index contributed by atoms with van der Waals surface area (Å²) in [5.41, 5.74) is 0.792. The molecule has 6 heteroatoms. The van der Waals surface area contributed by atoms with E-state index in [4.69, 9.17) is 0 Å². The van der Waals surface area contributed by atoms with Crippen LogP contribution in [0.3, 0.4) is 0 Å². The highest BCUT2D eigenvalue weighted by atomic mass is 16.5. The van der Waals surface area contributed by atoms with Gasteiger partial charge in [0, 0.05) is 6.54 Å². The Balaban J connectivity index is 1.78. The molecule has 0 radical (unpaired) electrons. The molecule has 0 bridgehead atoms. The predicted molar refractivity (Wildman–Crippen MR) is 85.7 cm³/mol. The molecule has 23 heavy (non-hydrogen) atoms. The van der Waals surface area contributed by atoms with Gasteiger partial charge in [-0.3, -0.25) is 9.59 Å². The van der Waals surface area contributed by atoms with Gasteiger partial charge in [0.25, 0.3) is 11.5 Å². The Labute approximate surface area is 132 Å². The Morgan fingerprint density at radius 2 is 1.78 bits per heavy atom. The van der Waals surface area contributed by atoms with Crippen molar-refractivity contribution >= 4 is 16.8 Å². The lowest BCUT2D eigenvalue weighted by Crippen LogP contribution is -2.34. The summed E-state index contributed by atoms with van der Waals surface area (Å²) in [5, 5.41) is 12.8. The molecule has 1 amide bonds. The number of hydrogen-bond donors (Lipinski definition) is 2. The third-order valence-corrected chi connectivity index (χ3v) is 3.50. The monoisotopic (exact) mass is 309 g/mol. The van der Waals surface area contributed by atoms with Crippen LogP contribution in [0.15, 0.2) is 59.4 Å². The smallest absolute Gasteiger partial charge is 0.294 e. The summed E-state index contributed by atoms with van der Waals surface area (Å²) in [4.78, 5) is 28.3. The van der Waals surface area contributed by atoms with E-state index < -0.39 is 11.5 Å². The second-order valence-corrected chi connectivity index (χ2v) is 5.06. The summed E-state index contributed by atoms with van der Waals surface area (Å²) in [7, 11) is 0. The van der Waals surface area contributed by atoms with E-state index in [1.54, 1.807) is 24.3 Å². The molecule has 6 nitrogen and oxygen atoms in total. The van der Waals surface area contributed by atoms with E-state index in [1.807, 2.05) is 30.3 Å². The minimum Gasteiger partial charge on any atom is -0.423 e. The number of nitrogens with one attached hydrogen (secondary N) is 1. The van der Waals surface area contributed by atoms with Crippen molar-refractivity contribution < 1.29 is 10.0 Å². The van der Waals surface area contributed by atoms with E-state index in [0.717, 1.165) is 5.56 Å². The molecule has 0 spiro atoms. The number of fused-ring (bicyclic) bond motifs is 1. The molecule has 3 rings (SSSR count). The van der Waals surface area contributed by atoms with Gasteiger partial charge < -0.3 is 10.5 Å². The third kappa shape index (κ3) is 3.06. The minimum atomic E-state index is -0.663. The molecule has 0 fully saturated rings. The molecular weight excluding hydrogens is 294 g/mol. The van der Waals surface area contributed by atoms with Gasteiger partial charge in [-0.15, -0.1) is 4.73 Å². The van der Waals surface area contributed by atoms with Gasteiger partial charge in [-0.05, 0) is 24.1 Å². The molecule has 0 aliphatic heterocycles. The third-order valence-electron chi connectivity index (χ3n) is 3.50. The zero-order valence-corrected chi connectivity index (χ0v) is 12.3. The van der Waals surface area contributed by atoms with Crippen molar-refractivity contribution in [2.24, 2.45) is 0 Å². The number of carbonyl (C=O) groups is 1. The van der Waals surface area contributed by atoms with Crippen LogP contribution in [0.5, 0.6) is 0 Å². The molecule has 1 heterocycles. The maximum Gasteiger partial charge on any atom is 0.294 e. The Hall–Kier alpha value is -3.15. The van der Waals surface area contributed by atoms with Crippen molar-refractivity contribution in [3.05, 3.63) is 76.3 Å². The zero-order chi connectivity index (χ0) is 16.2. The first kappa shape index (κ1) is 14.8. The lowest BCUT2D eigenvalue weighted by molar-refractivity contribution is 0.0882. The van der Waals surface area contributed by atoms with Crippen LogP contribution in [-0.2, 0) is 6.42 Å². The van der Waals surface area contributed by atoms with Crippen molar-refractivity contribution in [2.45, 2.75) is 6.42 Å². The predicted octanol–water partition coefficient (Wildman–Crippen LogP) is 1.61. The highest BCUT2D eigenvalue weighted by molar-refractivity contribution is 5.92. The average Bonchev–Trinajstić information content (AvgIpc) is 2.59. The number of carbonyl (C=O) groups excluding carboxylic acids is 1. The van der Waals surface area contributed by atoms with Crippen molar-refractivity contribution in [3.63, 3.8) is 0 Å². The quantitative estimate of drug-likeness (QED) is 0.717. The van der Waals surface area contributed by atoms with E-state index in [-0.39, 0.29) is 11.2 Å². The SMILES string of the molecule is O=C(NCCc1ccccc1)c1nc2ccccc2c(=O)n1O. The molecule has 116 valence electrons. The van der Waals surface area contributed by atoms with Crippen molar-refractivity contribution in [1.82, 2.24) is 15.0 Å². The molecule has 0 saturated heterocycles. The Morgan fingerprint density at radius 3 is 2.57 bits per heavy atom. The molecular formula is C17H15N3O3. The molecule has 0 saturated carbocycles. The van der Waals surface area contributed by atoms with E-state index >= 15 is 0 Å². The second-order valence-electron chi connectivity index (χ2n) is 5.06. The van der Waals surface area contributed by atoms with Crippen LogP contribution >= 0.6 is 0 Å². The largest absolute Gasteiger partial charge is 0.423 e. The maximum atomic E-state index is 12.2. The number of aromatic nitrogens is 2. The summed E-state index contributed by atoms with van der Waals surface area (Å²) in [6.45, 7) is 0.380. The summed E-state index contributed by atoms with van der Waals surface area (Å²) in [6.07, 6.45) is 0.649. The van der Waals surface area contributed by atoms with Gasteiger partial charge in [0.15, 0.2) is 0 Å². The van der Waals surface area contributed by atoms with Gasteiger partial charge in [0.1, 0.15) is 0 Å². The van der Waals surface area contributed by atoms with E-state index in [2.05, 4.69) is 10.3 Å². The fourth-order valence-electron chi connectivity index (χ4n) is 2.31. The van der Waals surface area contributed by atoms with Gasteiger partial charge >= 0.3 is 0 Å². The lowest BCUT2D eigenvalue weighted by Gasteiger charge is -2.08. The molecule has 0 aliphatic carbocycles. The summed E-state index contributed by atoms with van der Waals surface area (Å²) in [6, 6.07) is 16.3. The van der Waals surface area contributed by atoms with Crippen LogP contribution in [-0.4, -0.2) is 27.4 Å². The van der Waals surface area contributed by atoms with Crippen LogP contribution in [0.1, 0.15) is 16.2 Å². The molecule has 1 aromatic heterocycles. The van der Waals surface area contributed by atoms with Gasteiger partial charge in [-0.2, -0.15) is 0 Å². The standard InChI is InChI=1S/C17H15N3O3/c21-16(18-11-10-12-6-2-1-3-7-12)15-19-14-9-5-4-8-13(14)17(22)20(15)23/h1-9,23H,10-11H2,(H,18,21).